The van der Waals surface area contributed by atoms with Crippen LogP contribution in [0.25, 0.3) is 0 Å². The largest absolute Gasteiger partial charge is 2.00 e. The molecule has 0 fully saturated rings. The summed E-state index contributed by atoms with van der Waals surface area (Å²) < 4.78 is 0.157. The SMILES string of the molecule is C=C[C](=O)[Ce+2].[Cu+2].[Fe+2].[O-2].[O-2].[O-2]. The summed E-state index contributed by atoms with van der Waals surface area (Å²) >= 11 is 0.613. The molecule has 0 heterocycles. The van der Waals surface area contributed by atoms with Crippen molar-refractivity contribution in [3.05, 3.63) is 12.7 Å². The molecular weight excluding hydrogens is 360 g/mol. The van der Waals surface area contributed by atoms with Gasteiger partial charge in [-0.15, -0.1) is 0 Å². The Morgan fingerprint density at radius 3 is 1.40 bits per heavy atom. The molecule has 0 saturated carbocycles. The zero-order valence-corrected chi connectivity index (χ0v) is 9.76. The van der Waals surface area contributed by atoms with Crippen LogP contribution in [0.4, 0.5) is 0 Å². The van der Waals surface area contributed by atoms with E-state index >= 15 is 0 Å². The third-order valence-electron chi connectivity index (χ3n) is 0.185. The maximum atomic E-state index is 9.76. The van der Waals surface area contributed by atoms with E-state index in [-0.39, 0.29) is 51.9 Å². The first kappa shape index (κ1) is 41.2. The number of allylic oxidation sites excluding steroid dienone is 1. The first-order valence-electron chi connectivity index (χ1n) is 1.15. The van der Waals surface area contributed by atoms with E-state index < -0.39 is 0 Å². The second-order valence-electron chi connectivity index (χ2n) is 0.568. The Morgan fingerprint density at radius 1 is 1.30 bits per heavy atom. The van der Waals surface area contributed by atoms with Gasteiger partial charge in [-0.05, 0) is 0 Å². The van der Waals surface area contributed by atoms with E-state index in [1.807, 2.05) is 0 Å². The molecule has 0 aliphatic rings. The molecule has 0 unspecified atom stereocenters. The average Bonchev–Trinajstić information content (AvgIpc) is 1.38. The Bertz CT molecular complexity index is 71.5. The number of rotatable bonds is 1. The summed E-state index contributed by atoms with van der Waals surface area (Å²) in [6.07, 6.45) is 1.34. The second-order valence-corrected chi connectivity index (χ2v) is 2.12. The number of hydrogen-bond acceptors (Lipinski definition) is 1. The molecule has 0 aromatic rings. The molecule has 0 aliphatic heterocycles. The van der Waals surface area contributed by atoms with Gasteiger partial charge in [0.25, 0.3) is 0 Å². The standard InChI is InChI=1S/C3H3O.Ce.Cu.Fe.3O/c1-2-3-4;;;;;;/h2H,1H2;;;;;;/q;3*+2;3*-2. The summed E-state index contributed by atoms with van der Waals surface area (Å²) in [5.41, 5.74) is 0. The van der Waals surface area contributed by atoms with Gasteiger partial charge in [0.15, 0.2) is 0 Å². The molecule has 0 atom stereocenters. The van der Waals surface area contributed by atoms with Crippen LogP contribution in [0.1, 0.15) is 0 Å². The summed E-state index contributed by atoms with van der Waals surface area (Å²) in [4.78, 5) is 9.76. The second kappa shape index (κ2) is 31.0. The fourth-order valence-corrected chi connectivity index (χ4v) is 0. The van der Waals surface area contributed by atoms with E-state index in [1.165, 1.54) is 6.08 Å². The van der Waals surface area contributed by atoms with Crippen molar-refractivity contribution in [3.8, 4) is 0 Å². The first-order chi connectivity index (χ1) is 2.27. The third kappa shape index (κ3) is 53.6. The maximum Gasteiger partial charge on any atom is 2.00 e. The zero-order valence-electron chi connectivity index (χ0n) is 4.57. The fourth-order valence-electron chi connectivity index (χ4n) is 0. The normalized spacial score (nSPS) is 3.40. The van der Waals surface area contributed by atoms with Crippen molar-refractivity contribution in [2.45, 2.75) is 0 Å². The smallest absolute Gasteiger partial charge is 2.00 e. The van der Waals surface area contributed by atoms with Crippen LogP contribution in [0.3, 0.4) is 0 Å². The van der Waals surface area contributed by atoms with Crippen molar-refractivity contribution < 1.29 is 95.0 Å². The van der Waals surface area contributed by atoms with Crippen LogP contribution in [0.5, 0.6) is 0 Å². The predicted octanol–water partition coefficient (Wildman–Crippen LogP) is -0.113. The Kier molecular flexibility index (Phi) is 128. The van der Waals surface area contributed by atoms with Crippen molar-refractivity contribution in [1.29, 1.82) is 0 Å². The Balaban J connectivity index is -0.00000000800. The van der Waals surface area contributed by atoms with Crippen LogP contribution in [-0.4, -0.2) is 1.30 Å². The van der Waals surface area contributed by atoms with Gasteiger partial charge in [0, 0.05) is 0 Å². The molecule has 10 heavy (non-hydrogen) atoms. The molecule has 62 valence electrons. The van der Waals surface area contributed by atoms with Crippen LogP contribution >= 0.6 is 0 Å². The van der Waals surface area contributed by atoms with Crippen molar-refractivity contribution in [2.24, 2.45) is 0 Å². The van der Waals surface area contributed by atoms with E-state index in [4.69, 9.17) is 0 Å². The van der Waals surface area contributed by atoms with Gasteiger partial charge >= 0.3 is 92.5 Å². The van der Waals surface area contributed by atoms with E-state index in [1.54, 1.807) is 0 Å². The summed E-state index contributed by atoms with van der Waals surface area (Å²) in [6.45, 7) is 3.25. The van der Waals surface area contributed by atoms with Crippen molar-refractivity contribution >= 4 is 1.30 Å². The molecule has 0 aliphatic carbocycles. The molecule has 0 bridgehead atoms. The monoisotopic (exact) mass is 362 g/mol. The zero-order chi connectivity index (χ0) is 4.28. The molecule has 4 nitrogen and oxygen atoms in total. The molecule has 0 spiro atoms. The molecule has 0 aromatic carbocycles. The predicted molar refractivity (Wildman–Crippen MR) is 17.3 cm³/mol. The van der Waals surface area contributed by atoms with Crippen LogP contribution in [0, 0.1) is 39.6 Å². The molecular formula is C3H3CeCuFeO4. The van der Waals surface area contributed by atoms with Crippen LogP contribution in [0.2, 0.25) is 0 Å². The Labute approximate surface area is 107 Å². The quantitative estimate of drug-likeness (QED) is 0.471. The molecule has 0 N–H and O–H groups in total. The van der Waals surface area contributed by atoms with Crippen LogP contribution in [-0.2, 0) is 55.4 Å². The van der Waals surface area contributed by atoms with Gasteiger partial charge in [0.2, 0.25) is 0 Å². The van der Waals surface area contributed by atoms with Crippen molar-refractivity contribution in [2.75, 3.05) is 0 Å². The van der Waals surface area contributed by atoms with Gasteiger partial charge in [0.1, 0.15) is 0 Å². The molecule has 0 aromatic heterocycles. The van der Waals surface area contributed by atoms with Gasteiger partial charge in [-0.3, -0.25) is 0 Å². The van der Waals surface area contributed by atoms with Gasteiger partial charge in [-0.2, -0.15) is 0 Å². The molecule has 7 heteroatoms. The minimum atomic E-state index is 0. The molecule has 0 saturated heterocycles. The van der Waals surface area contributed by atoms with Gasteiger partial charge in [-0.25, -0.2) is 0 Å². The van der Waals surface area contributed by atoms with Crippen molar-refractivity contribution in [1.82, 2.24) is 0 Å². The fraction of sp³-hybridized carbons (Fsp3) is 0. The molecule has 1 radical (unpaired) electrons. The van der Waals surface area contributed by atoms with Gasteiger partial charge in [-0.1, -0.05) is 0 Å². The van der Waals surface area contributed by atoms with Gasteiger partial charge < -0.3 is 16.4 Å². The summed E-state index contributed by atoms with van der Waals surface area (Å²) in [5, 5.41) is 0. The summed E-state index contributed by atoms with van der Waals surface area (Å²) in [6, 6.07) is 0. The van der Waals surface area contributed by atoms with Crippen LogP contribution in [0.15, 0.2) is 12.7 Å². The number of hydrogen-bond donors (Lipinski definition) is 0. The number of carbonyl (C=O) groups excluding carboxylic acids is 1. The van der Waals surface area contributed by atoms with Crippen LogP contribution < -0.4 is 0 Å². The molecule has 0 amide bonds. The van der Waals surface area contributed by atoms with E-state index in [0.717, 1.165) is 0 Å². The van der Waals surface area contributed by atoms with Crippen molar-refractivity contribution in [3.63, 3.8) is 0 Å². The average molecular weight is 363 g/mol. The van der Waals surface area contributed by atoms with Gasteiger partial charge in [0.05, 0.1) is 0 Å². The maximum absolute atomic E-state index is 9.76. The summed E-state index contributed by atoms with van der Waals surface area (Å²) in [7, 11) is 0. The van der Waals surface area contributed by atoms with E-state index in [2.05, 4.69) is 6.58 Å². The van der Waals surface area contributed by atoms with E-state index in [0.29, 0.717) is 39.6 Å². The first-order valence-corrected chi connectivity index (χ1v) is 2.72. The Morgan fingerprint density at radius 2 is 1.40 bits per heavy atom. The third-order valence-corrected chi connectivity index (χ3v) is 0.826. The summed E-state index contributed by atoms with van der Waals surface area (Å²) in [5.74, 6) is 0. The minimum Gasteiger partial charge on any atom is -2.00 e. The topological polar surface area (TPSA) is 103 Å². The minimum absolute atomic E-state index is 0. The van der Waals surface area contributed by atoms with E-state index in [9.17, 15) is 4.79 Å². The molecule has 0 rings (SSSR count). The number of carbonyl (C=O) groups is 1. The Hall–Kier alpha value is 1.71.